The molecule has 3 rings (SSSR count). The summed E-state index contributed by atoms with van der Waals surface area (Å²) in [5.74, 6) is 0.665. The summed E-state index contributed by atoms with van der Waals surface area (Å²) in [5, 5.41) is 25.4. The van der Waals surface area contributed by atoms with Crippen molar-refractivity contribution < 1.29 is 23.0 Å². The molecule has 31 heavy (non-hydrogen) atoms. The number of alkyl halides is 3. The fourth-order valence-electron chi connectivity index (χ4n) is 3.10. The van der Waals surface area contributed by atoms with Gasteiger partial charge in [-0.15, -0.1) is 0 Å². The Morgan fingerprint density at radius 2 is 2.13 bits per heavy atom. The first-order valence-electron chi connectivity index (χ1n) is 9.69. The molecule has 2 aromatic heterocycles. The van der Waals surface area contributed by atoms with Gasteiger partial charge in [-0.2, -0.15) is 23.4 Å². The van der Waals surface area contributed by atoms with Crippen molar-refractivity contribution in [3.63, 3.8) is 0 Å². The van der Waals surface area contributed by atoms with E-state index in [9.17, 15) is 23.5 Å². The number of nitrogens with one attached hydrogen (secondary N) is 2. The number of aliphatic hydroxyl groups excluding tert-OH is 1. The highest BCUT2D eigenvalue weighted by molar-refractivity contribution is 5.54. The van der Waals surface area contributed by atoms with Crippen LogP contribution < -0.4 is 15.4 Å². The Morgan fingerprint density at radius 3 is 2.77 bits per heavy atom. The van der Waals surface area contributed by atoms with E-state index in [1.54, 1.807) is 12.1 Å². The lowest BCUT2D eigenvalue weighted by Gasteiger charge is -2.49. The van der Waals surface area contributed by atoms with Gasteiger partial charge in [-0.3, -0.25) is 0 Å². The second-order valence-corrected chi connectivity index (χ2v) is 7.87. The zero-order valence-electron chi connectivity index (χ0n) is 17.1. The molecule has 0 aliphatic heterocycles. The Kier molecular flexibility index (Phi) is 6.50. The fraction of sp³-hybridized carbons (Fsp3) is 0.500. The molecule has 2 atom stereocenters. The molecule has 0 saturated heterocycles. The summed E-state index contributed by atoms with van der Waals surface area (Å²) in [7, 11) is 0. The normalized spacial score (nSPS) is 19.8. The van der Waals surface area contributed by atoms with Gasteiger partial charge in [0.05, 0.1) is 25.3 Å². The molecule has 1 aliphatic rings. The van der Waals surface area contributed by atoms with E-state index in [0.29, 0.717) is 17.8 Å². The molecule has 3 N–H and O–H groups in total. The van der Waals surface area contributed by atoms with Gasteiger partial charge in [-0.1, -0.05) is 19.9 Å². The third kappa shape index (κ3) is 5.52. The first-order valence-corrected chi connectivity index (χ1v) is 9.69. The van der Waals surface area contributed by atoms with E-state index in [1.807, 2.05) is 19.9 Å². The van der Waals surface area contributed by atoms with Gasteiger partial charge >= 0.3 is 6.18 Å². The summed E-state index contributed by atoms with van der Waals surface area (Å²) >= 11 is 0. The molecule has 0 unspecified atom stereocenters. The molecule has 2 heterocycles. The van der Waals surface area contributed by atoms with Gasteiger partial charge in [0.15, 0.2) is 0 Å². The number of halogens is 3. The number of hydrogen-bond acceptors (Lipinski definition) is 8. The van der Waals surface area contributed by atoms with Crippen molar-refractivity contribution in [2.75, 3.05) is 17.2 Å². The third-order valence-corrected chi connectivity index (χ3v) is 5.35. The number of anilines is 2. The van der Waals surface area contributed by atoms with Crippen molar-refractivity contribution in [2.45, 2.75) is 51.6 Å². The van der Waals surface area contributed by atoms with E-state index in [1.165, 1.54) is 12.4 Å². The molecule has 1 aliphatic carbocycles. The number of aromatic nitrogens is 3. The average molecular weight is 436 g/mol. The first-order chi connectivity index (χ1) is 14.6. The van der Waals surface area contributed by atoms with Crippen LogP contribution in [0.15, 0.2) is 24.5 Å². The maximum absolute atomic E-state index is 12.3. The van der Waals surface area contributed by atoms with Crippen LogP contribution in [0.25, 0.3) is 0 Å². The average Bonchev–Trinajstić information content (AvgIpc) is 2.72. The first kappa shape index (κ1) is 22.6. The second-order valence-electron chi connectivity index (χ2n) is 7.87. The quantitative estimate of drug-likeness (QED) is 0.578. The monoisotopic (exact) mass is 436 g/mol. The van der Waals surface area contributed by atoms with Crippen LogP contribution in [0.1, 0.15) is 37.8 Å². The van der Waals surface area contributed by atoms with Crippen LogP contribution in [0.4, 0.5) is 24.9 Å². The molecule has 8 nitrogen and oxygen atoms in total. The number of ether oxygens (including phenoxy) is 1. The summed E-state index contributed by atoms with van der Waals surface area (Å²) in [6.45, 7) is 3.48. The number of rotatable bonds is 8. The van der Waals surface area contributed by atoms with Gasteiger partial charge in [0.25, 0.3) is 0 Å². The molecule has 0 spiro atoms. The summed E-state index contributed by atoms with van der Waals surface area (Å²) in [6, 6.07) is 5.30. The van der Waals surface area contributed by atoms with Crippen LogP contribution in [0.5, 0.6) is 5.88 Å². The molecule has 11 heteroatoms. The van der Waals surface area contributed by atoms with E-state index in [4.69, 9.17) is 4.74 Å². The molecule has 0 amide bonds. The van der Waals surface area contributed by atoms with Gasteiger partial charge in [0, 0.05) is 29.8 Å². The number of nitrogens with zero attached hydrogens (tertiary/aromatic N) is 4. The standard InChI is InChI=1S/C20H23F3N6O2/c1-19(2)14(8-15(19)30)28-16-13(9-24)11-27-18(29-16)26-10-12-4-3-6-25-17(12)31-7-5-20(21,22)23/h3-4,6,11,14-15,30H,5,7-8,10H2,1-2H3,(H2,26,27,28,29)/t14-,15-/m1/s1. The summed E-state index contributed by atoms with van der Waals surface area (Å²) in [5.41, 5.74) is 0.444. The number of nitriles is 1. The van der Waals surface area contributed by atoms with Crippen LogP contribution >= 0.6 is 0 Å². The van der Waals surface area contributed by atoms with Gasteiger partial charge in [-0.25, -0.2) is 9.97 Å². The van der Waals surface area contributed by atoms with Crippen molar-refractivity contribution in [3.05, 3.63) is 35.7 Å². The highest BCUT2D eigenvalue weighted by Crippen LogP contribution is 2.42. The number of hydrogen-bond donors (Lipinski definition) is 3. The molecule has 2 aromatic rings. The fourth-order valence-corrected chi connectivity index (χ4v) is 3.10. The summed E-state index contributed by atoms with van der Waals surface area (Å²) in [4.78, 5) is 12.4. The van der Waals surface area contributed by atoms with Crippen LogP contribution in [0.3, 0.4) is 0 Å². The van der Waals surface area contributed by atoms with Gasteiger partial charge < -0.3 is 20.5 Å². The van der Waals surface area contributed by atoms with Crippen molar-refractivity contribution in [2.24, 2.45) is 5.41 Å². The molecule has 166 valence electrons. The summed E-state index contributed by atoms with van der Waals surface area (Å²) < 4.78 is 42.2. The van der Waals surface area contributed by atoms with Crippen molar-refractivity contribution >= 4 is 11.8 Å². The Hall–Kier alpha value is -3.13. The smallest absolute Gasteiger partial charge is 0.392 e. The third-order valence-electron chi connectivity index (χ3n) is 5.35. The Balaban J connectivity index is 1.67. The lowest BCUT2D eigenvalue weighted by Crippen LogP contribution is -2.57. The highest BCUT2D eigenvalue weighted by Gasteiger charge is 2.47. The lowest BCUT2D eigenvalue weighted by molar-refractivity contribution is -0.139. The maximum Gasteiger partial charge on any atom is 0.392 e. The summed E-state index contributed by atoms with van der Waals surface area (Å²) in [6.07, 6.45) is -2.46. The van der Waals surface area contributed by atoms with Gasteiger partial charge in [0.1, 0.15) is 17.5 Å². The van der Waals surface area contributed by atoms with Crippen molar-refractivity contribution in [1.82, 2.24) is 15.0 Å². The predicted molar refractivity (Wildman–Crippen MR) is 106 cm³/mol. The van der Waals surface area contributed by atoms with E-state index in [-0.39, 0.29) is 35.4 Å². The molecule has 1 fully saturated rings. The van der Waals surface area contributed by atoms with Crippen LogP contribution in [0, 0.1) is 16.7 Å². The lowest BCUT2D eigenvalue weighted by atomic mass is 9.64. The van der Waals surface area contributed by atoms with Crippen LogP contribution in [0.2, 0.25) is 0 Å². The minimum atomic E-state index is -4.31. The van der Waals surface area contributed by atoms with Crippen molar-refractivity contribution in [1.29, 1.82) is 5.26 Å². The van der Waals surface area contributed by atoms with Gasteiger partial charge in [0.2, 0.25) is 11.8 Å². The zero-order valence-corrected chi connectivity index (χ0v) is 17.1. The van der Waals surface area contributed by atoms with Crippen LogP contribution in [-0.2, 0) is 6.54 Å². The minimum absolute atomic E-state index is 0.0516. The zero-order chi connectivity index (χ0) is 22.6. The molecule has 0 bridgehead atoms. The molecule has 1 saturated carbocycles. The molecule has 0 radical (unpaired) electrons. The van der Waals surface area contributed by atoms with E-state index >= 15 is 0 Å². The molecular formula is C20H23F3N6O2. The van der Waals surface area contributed by atoms with E-state index in [0.717, 1.165) is 0 Å². The Labute approximate surface area is 177 Å². The predicted octanol–water partition coefficient (Wildman–Crippen LogP) is 3.26. The van der Waals surface area contributed by atoms with E-state index < -0.39 is 25.3 Å². The molecular weight excluding hydrogens is 413 g/mol. The van der Waals surface area contributed by atoms with Gasteiger partial charge in [-0.05, 0) is 12.5 Å². The number of aliphatic hydroxyl groups is 1. The van der Waals surface area contributed by atoms with Crippen molar-refractivity contribution in [3.8, 4) is 11.9 Å². The van der Waals surface area contributed by atoms with Crippen LogP contribution in [-0.4, -0.2) is 45.0 Å². The number of pyridine rings is 1. The Morgan fingerprint density at radius 1 is 1.35 bits per heavy atom. The van der Waals surface area contributed by atoms with E-state index in [2.05, 4.69) is 25.6 Å². The second kappa shape index (κ2) is 8.93. The topological polar surface area (TPSA) is 116 Å². The Bertz CT molecular complexity index is 961. The highest BCUT2D eigenvalue weighted by atomic mass is 19.4. The molecule has 0 aromatic carbocycles. The minimum Gasteiger partial charge on any atom is -0.477 e. The maximum atomic E-state index is 12.3. The largest absolute Gasteiger partial charge is 0.477 e. The SMILES string of the molecule is CC1(C)[C@H](O)C[C@H]1Nc1nc(NCc2cccnc2OCCC(F)(F)F)ncc1C#N.